The Morgan fingerprint density at radius 2 is 1.72 bits per heavy atom. The number of anilines is 1. The molecule has 0 atom stereocenters. The topological polar surface area (TPSA) is 128 Å². The van der Waals surface area contributed by atoms with E-state index >= 15 is 0 Å². The van der Waals surface area contributed by atoms with Crippen LogP contribution in [0.15, 0.2) is 48.0 Å². The minimum absolute atomic E-state index is 0.0817. The maximum Gasteiger partial charge on any atom is 0.335 e. The van der Waals surface area contributed by atoms with Crippen LogP contribution in [0.5, 0.6) is 11.5 Å². The molecule has 1 heterocycles. The number of nitro groups is 1. The third-order valence-electron chi connectivity index (χ3n) is 4.16. The van der Waals surface area contributed by atoms with Crippen molar-refractivity contribution in [3.8, 4) is 11.5 Å². The van der Waals surface area contributed by atoms with Crippen molar-refractivity contribution in [1.82, 2.24) is 5.32 Å². The summed E-state index contributed by atoms with van der Waals surface area (Å²) in [6.45, 7) is 0. The number of carbonyl (C=O) groups excluding carboxylic acids is 3. The zero-order chi connectivity index (χ0) is 21.1. The van der Waals surface area contributed by atoms with Gasteiger partial charge in [-0.2, -0.15) is 0 Å². The highest BCUT2D eigenvalue weighted by Gasteiger charge is 2.37. The van der Waals surface area contributed by atoms with E-state index in [0.29, 0.717) is 17.1 Å². The van der Waals surface area contributed by atoms with Crippen LogP contribution in [-0.4, -0.2) is 37.0 Å². The second-order valence-electron chi connectivity index (χ2n) is 5.84. The van der Waals surface area contributed by atoms with Gasteiger partial charge in [0.05, 0.1) is 24.8 Å². The fourth-order valence-electron chi connectivity index (χ4n) is 2.71. The number of rotatable bonds is 5. The minimum atomic E-state index is -0.951. The van der Waals surface area contributed by atoms with Crippen LogP contribution in [0.4, 0.5) is 16.2 Å². The Balaban J connectivity index is 2.01. The molecule has 0 aromatic heterocycles. The van der Waals surface area contributed by atoms with Crippen molar-refractivity contribution >= 4 is 35.3 Å². The maximum atomic E-state index is 12.9. The first-order valence-electron chi connectivity index (χ1n) is 8.23. The average Bonchev–Trinajstić information content (AvgIpc) is 2.71. The Labute approximate surface area is 164 Å². The summed E-state index contributed by atoms with van der Waals surface area (Å²) in [5.41, 5.74) is 0.00263. The van der Waals surface area contributed by atoms with Crippen LogP contribution in [0.2, 0.25) is 0 Å². The van der Waals surface area contributed by atoms with Crippen LogP contribution in [-0.2, 0) is 9.59 Å². The van der Waals surface area contributed by atoms with E-state index in [-0.39, 0.29) is 16.9 Å². The molecule has 2 aromatic rings. The van der Waals surface area contributed by atoms with Crippen molar-refractivity contribution in [1.29, 1.82) is 0 Å². The fraction of sp³-hybridized carbons (Fsp3) is 0.105. The van der Waals surface area contributed by atoms with Gasteiger partial charge in [-0.1, -0.05) is 0 Å². The number of imide groups is 2. The van der Waals surface area contributed by atoms with Gasteiger partial charge < -0.3 is 9.47 Å². The Bertz CT molecular complexity index is 1040. The van der Waals surface area contributed by atoms with Crippen LogP contribution < -0.4 is 19.7 Å². The Kier molecular flexibility index (Phi) is 5.26. The quantitative estimate of drug-likeness (QED) is 0.355. The number of hydrogen-bond donors (Lipinski definition) is 1. The largest absolute Gasteiger partial charge is 0.497 e. The third-order valence-corrected chi connectivity index (χ3v) is 4.16. The predicted octanol–water partition coefficient (Wildman–Crippen LogP) is 2.28. The van der Waals surface area contributed by atoms with Gasteiger partial charge in [-0.25, -0.2) is 9.69 Å². The van der Waals surface area contributed by atoms with E-state index < -0.39 is 22.8 Å². The molecule has 1 aliphatic heterocycles. The average molecular weight is 397 g/mol. The van der Waals surface area contributed by atoms with Crippen molar-refractivity contribution in [3.63, 3.8) is 0 Å². The van der Waals surface area contributed by atoms with E-state index in [9.17, 15) is 24.5 Å². The number of urea groups is 1. The van der Waals surface area contributed by atoms with Gasteiger partial charge in [-0.05, 0) is 30.3 Å². The molecule has 1 fully saturated rings. The van der Waals surface area contributed by atoms with Crippen LogP contribution in [0.3, 0.4) is 0 Å². The number of nitrogens with zero attached hydrogens (tertiary/aromatic N) is 2. The molecule has 29 heavy (non-hydrogen) atoms. The molecule has 0 unspecified atom stereocenters. The molecule has 0 aliphatic carbocycles. The number of barbiturate groups is 1. The van der Waals surface area contributed by atoms with Crippen LogP contribution in [0.1, 0.15) is 5.56 Å². The fourth-order valence-corrected chi connectivity index (χ4v) is 2.71. The second kappa shape index (κ2) is 7.80. The number of carbonyl (C=O) groups is 3. The molecule has 10 heteroatoms. The number of ether oxygens (including phenoxy) is 2. The van der Waals surface area contributed by atoms with Gasteiger partial charge in [0.25, 0.3) is 17.5 Å². The third kappa shape index (κ3) is 3.76. The van der Waals surface area contributed by atoms with Gasteiger partial charge in [0.1, 0.15) is 17.1 Å². The molecule has 148 valence electrons. The molecule has 4 amide bonds. The van der Waals surface area contributed by atoms with Gasteiger partial charge in [-0.3, -0.25) is 25.0 Å². The van der Waals surface area contributed by atoms with Gasteiger partial charge in [0.2, 0.25) is 0 Å². The number of nitrogens with one attached hydrogen (secondary N) is 1. The smallest absolute Gasteiger partial charge is 0.335 e. The number of hydrogen-bond acceptors (Lipinski definition) is 7. The number of non-ortho nitro benzene ring substituents is 1. The summed E-state index contributed by atoms with van der Waals surface area (Å²) in [4.78, 5) is 48.3. The molecule has 1 aliphatic rings. The first-order chi connectivity index (χ1) is 13.8. The zero-order valence-electron chi connectivity index (χ0n) is 15.4. The van der Waals surface area contributed by atoms with Gasteiger partial charge in [-0.15, -0.1) is 0 Å². The Hall–Kier alpha value is -4.21. The lowest BCUT2D eigenvalue weighted by Gasteiger charge is -2.26. The normalized spacial score (nSPS) is 15.3. The first-order valence-corrected chi connectivity index (χ1v) is 8.23. The van der Waals surface area contributed by atoms with Crippen molar-refractivity contribution in [2.24, 2.45) is 0 Å². The molecule has 0 saturated carbocycles. The summed E-state index contributed by atoms with van der Waals surface area (Å²) >= 11 is 0. The van der Waals surface area contributed by atoms with Gasteiger partial charge in [0.15, 0.2) is 0 Å². The standard InChI is InChI=1S/C19H15N3O7/c1-28-14-8-3-11(16(10-14)29-2)9-15-17(23)20-19(25)21(18(15)24)12-4-6-13(7-5-12)22(26)27/h3-10H,1-2H3,(H,20,23,25)/b15-9+. The minimum Gasteiger partial charge on any atom is -0.497 e. The zero-order valence-corrected chi connectivity index (χ0v) is 15.4. The molecule has 2 aromatic carbocycles. The van der Waals surface area contributed by atoms with E-state index in [4.69, 9.17) is 9.47 Å². The summed E-state index contributed by atoms with van der Waals surface area (Å²) in [5, 5.41) is 12.9. The lowest BCUT2D eigenvalue weighted by atomic mass is 10.1. The SMILES string of the molecule is COc1ccc(/C=C2\C(=O)NC(=O)N(c3ccc([N+](=O)[O-])cc3)C2=O)c(OC)c1. The number of methoxy groups -OCH3 is 2. The van der Waals surface area contributed by atoms with Crippen molar-refractivity contribution in [3.05, 3.63) is 63.7 Å². The van der Waals surface area contributed by atoms with E-state index in [1.807, 2.05) is 0 Å². The molecule has 0 bridgehead atoms. The number of amides is 4. The molecule has 0 radical (unpaired) electrons. The molecular weight excluding hydrogens is 382 g/mol. The number of benzene rings is 2. The molecule has 1 saturated heterocycles. The summed E-state index contributed by atoms with van der Waals surface area (Å²) in [5.74, 6) is -0.858. The highest BCUT2D eigenvalue weighted by atomic mass is 16.6. The molecule has 0 spiro atoms. The lowest BCUT2D eigenvalue weighted by molar-refractivity contribution is -0.384. The van der Waals surface area contributed by atoms with Crippen molar-refractivity contribution in [2.75, 3.05) is 19.1 Å². The highest BCUT2D eigenvalue weighted by molar-refractivity contribution is 6.39. The summed E-state index contributed by atoms with van der Waals surface area (Å²) in [6.07, 6.45) is 1.29. The summed E-state index contributed by atoms with van der Waals surface area (Å²) in [6, 6.07) is 8.65. The van der Waals surface area contributed by atoms with Gasteiger partial charge in [0, 0.05) is 23.8 Å². The summed E-state index contributed by atoms with van der Waals surface area (Å²) < 4.78 is 10.4. The summed E-state index contributed by atoms with van der Waals surface area (Å²) in [7, 11) is 2.91. The van der Waals surface area contributed by atoms with E-state index in [2.05, 4.69) is 5.32 Å². The lowest BCUT2D eigenvalue weighted by Crippen LogP contribution is -2.54. The van der Waals surface area contributed by atoms with Crippen LogP contribution in [0.25, 0.3) is 6.08 Å². The monoisotopic (exact) mass is 397 g/mol. The Morgan fingerprint density at radius 3 is 2.31 bits per heavy atom. The van der Waals surface area contributed by atoms with Gasteiger partial charge >= 0.3 is 6.03 Å². The highest BCUT2D eigenvalue weighted by Crippen LogP contribution is 2.29. The Morgan fingerprint density at radius 1 is 1.03 bits per heavy atom. The second-order valence-corrected chi connectivity index (χ2v) is 5.84. The van der Waals surface area contributed by atoms with Crippen molar-refractivity contribution < 1.29 is 28.8 Å². The number of nitro benzene ring substituents is 1. The molecule has 1 N–H and O–H groups in total. The van der Waals surface area contributed by atoms with Crippen LogP contribution >= 0.6 is 0 Å². The molecular formula is C19H15N3O7. The first kappa shape index (κ1) is 19.5. The molecule has 3 rings (SSSR count). The van der Waals surface area contributed by atoms with E-state index in [1.54, 1.807) is 18.2 Å². The molecule has 10 nitrogen and oxygen atoms in total. The predicted molar refractivity (Wildman–Crippen MR) is 102 cm³/mol. The van der Waals surface area contributed by atoms with Crippen molar-refractivity contribution in [2.45, 2.75) is 0 Å². The van der Waals surface area contributed by atoms with E-state index in [0.717, 1.165) is 17.0 Å². The van der Waals surface area contributed by atoms with E-state index in [1.165, 1.54) is 32.4 Å². The van der Waals surface area contributed by atoms with Crippen LogP contribution in [0, 0.1) is 10.1 Å². The maximum absolute atomic E-state index is 12.9.